The summed E-state index contributed by atoms with van der Waals surface area (Å²) in [7, 11) is 0. The van der Waals surface area contributed by atoms with E-state index >= 15 is 0 Å². The number of nitrogens with zero attached hydrogens (tertiary/aromatic N) is 1. The zero-order valence-corrected chi connectivity index (χ0v) is 14.5. The highest BCUT2D eigenvalue weighted by Crippen LogP contribution is 2.24. The summed E-state index contributed by atoms with van der Waals surface area (Å²) >= 11 is 0. The molecule has 0 aliphatic carbocycles. The summed E-state index contributed by atoms with van der Waals surface area (Å²) in [6.07, 6.45) is 0. The second-order valence-corrected chi connectivity index (χ2v) is 5.57. The fraction of sp³-hybridized carbons (Fsp3) is 0.438. The van der Waals surface area contributed by atoms with Gasteiger partial charge in [-0.15, -0.1) is 24.8 Å². The molecule has 3 rings (SSSR count). The fourth-order valence-electron chi connectivity index (χ4n) is 3.01. The minimum Gasteiger partial charge on any atom is -0.423 e. The van der Waals surface area contributed by atoms with Gasteiger partial charge in [-0.3, -0.25) is 4.90 Å². The number of hydrogen-bond donors (Lipinski definition) is 1. The number of benzene rings is 1. The zero-order valence-electron chi connectivity index (χ0n) is 12.8. The Hall–Kier alpha value is -1.07. The monoisotopic (exact) mass is 344 g/mol. The van der Waals surface area contributed by atoms with Crippen molar-refractivity contribution in [2.45, 2.75) is 20.4 Å². The van der Waals surface area contributed by atoms with Crippen LogP contribution in [-0.2, 0) is 6.54 Å². The van der Waals surface area contributed by atoms with E-state index in [1.165, 1.54) is 5.56 Å². The predicted molar refractivity (Wildman–Crippen MR) is 94.6 cm³/mol. The average molecular weight is 345 g/mol. The Labute approximate surface area is 142 Å². The molecule has 0 saturated carbocycles. The third-order valence-electron chi connectivity index (χ3n) is 3.87. The van der Waals surface area contributed by atoms with E-state index in [4.69, 9.17) is 4.42 Å². The number of piperazine rings is 1. The van der Waals surface area contributed by atoms with Gasteiger partial charge in [-0.25, -0.2) is 4.79 Å². The van der Waals surface area contributed by atoms with E-state index < -0.39 is 0 Å². The largest absolute Gasteiger partial charge is 0.423 e. The smallest absolute Gasteiger partial charge is 0.336 e. The van der Waals surface area contributed by atoms with Crippen molar-refractivity contribution in [1.82, 2.24) is 10.2 Å². The van der Waals surface area contributed by atoms with Crippen LogP contribution < -0.4 is 10.9 Å². The second kappa shape index (κ2) is 7.97. The lowest BCUT2D eigenvalue weighted by Crippen LogP contribution is -2.43. The Balaban J connectivity index is 0.00000121. The minimum absolute atomic E-state index is 0. The molecule has 1 fully saturated rings. The number of nitrogens with one attached hydrogen (secondary N) is 1. The van der Waals surface area contributed by atoms with Crippen LogP contribution in [0.5, 0.6) is 0 Å². The Bertz CT molecular complexity index is 694. The van der Waals surface area contributed by atoms with Crippen molar-refractivity contribution in [3.05, 3.63) is 45.3 Å². The quantitative estimate of drug-likeness (QED) is 0.850. The van der Waals surface area contributed by atoms with E-state index in [0.29, 0.717) is 5.58 Å². The average Bonchev–Trinajstić information content (AvgIpc) is 2.38. The summed E-state index contributed by atoms with van der Waals surface area (Å²) in [6, 6.07) is 5.74. The van der Waals surface area contributed by atoms with Crippen LogP contribution in [0.15, 0.2) is 27.4 Å². The fourth-order valence-corrected chi connectivity index (χ4v) is 3.01. The van der Waals surface area contributed by atoms with Crippen LogP contribution in [0.1, 0.15) is 16.7 Å². The van der Waals surface area contributed by atoms with Crippen molar-refractivity contribution in [2.75, 3.05) is 26.2 Å². The maximum Gasteiger partial charge on any atom is 0.336 e. The lowest BCUT2D eigenvalue weighted by Gasteiger charge is -2.27. The predicted octanol–water partition coefficient (Wildman–Crippen LogP) is 2.66. The molecule has 1 saturated heterocycles. The molecule has 122 valence electrons. The van der Waals surface area contributed by atoms with E-state index in [0.717, 1.165) is 49.2 Å². The molecule has 0 spiro atoms. The topological polar surface area (TPSA) is 45.5 Å². The summed E-state index contributed by atoms with van der Waals surface area (Å²) < 4.78 is 5.37. The van der Waals surface area contributed by atoms with Crippen molar-refractivity contribution in [1.29, 1.82) is 0 Å². The molecule has 4 nitrogen and oxygen atoms in total. The summed E-state index contributed by atoms with van der Waals surface area (Å²) in [4.78, 5) is 14.1. The molecule has 1 aliphatic heterocycles. The molecule has 0 unspecified atom stereocenters. The zero-order chi connectivity index (χ0) is 14.1. The van der Waals surface area contributed by atoms with Crippen LogP contribution in [0.25, 0.3) is 11.0 Å². The molecule has 2 aromatic rings. The highest BCUT2D eigenvalue weighted by atomic mass is 35.5. The molecule has 22 heavy (non-hydrogen) atoms. The second-order valence-electron chi connectivity index (χ2n) is 5.57. The van der Waals surface area contributed by atoms with E-state index in [1.807, 2.05) is 13.0 Å². The normalized spacial score (nSPS) is 15.2. The van der Waals surface area contributed by atoms with Crippen LogP contribution in [-0.4, -0.2) is 31.1 Å². The molecular formula is C16H22Cl2N2O2. The first-order chi connectivity index (χ1) is 9.63. The number of hydrogen-bond acceptors (Lipinski definition) is 4. The van der Waals surface area contributed by atoms with Gasteiger partial charge in [0, 0.05) is 44.2 Å². The van der Waals surface area contributed by atoms with E-state index in [-0.39, 0.29) is 30.4 Å². The van der Waals surface area contributed by atoms with Crippen molar-refractivity contribution < 1.29 is 4.42 Å². The molecule has 2 heterocycles. The Morgan fingerprint density at radius 3 is 2.50 bits per heavy atom. The van der Waals surface area contributed by atoms with Crippen LogP contribution in [0.3, 0.4) is 0 Å². The van der Waals surface area contributed by atoms with Crippen LogP contribution in [0, 0.1) is 13.8 Å². The maximum absolute atomic E-state index is 11.8. The number of aryl methyl sites for hydroxylation is 2. The van der Waals surface area contributed by atoms with Crippen LogP contribution >= 0.6 is 24.8 Å². The highest BCUT2D eigenvalue weighted by Gasteiger charge is 2.14. The van der Waals surface area contributed by atoms with Gasteiger partial charge in [0.05, 0.1) is 0 Å². The third-order valence-corrected chi connectivity index (χ3v) is 3.87. The molecule has 1 aromatic heterocycles. The van der Waals surface area contributed by atoms with E-state index in [2.05, 4.69) is 23.2 Å². The molecule has 0 bridgehead atoms. The SMILES string of the molecule is Cc1cc(C)c2c(CN3CCNCC3)cc(=O)oc2c1.Cl.Cl. The Kier molecular flexibility index (Phi) is 6.88. The van der Waals surface area contributed by atoms with Crippen molar-refractivity contribution >= 4 is 35.8 Å². The lowest BCUT2D eigenvalue weighted by molar-refractivity contribution is 0.233. The van der Waals surface area contributed by atoms with E-state index in [9.17, 15) is 4.79 Å². The summed E-state index contributed by atoms with van der Waals surface area (Å²) in [5.74, 6) is 0. The first-order valence-electron chi connectivity index (χ1n) is 7.10. The number of halogens is 2. The molecule has 6 heteroatoms. The van der Waals surface area contributed by atoms with Gasteiger partial charge in [0.2, 0.25) is 0 Å². The van der Waals surface area contributed by atoms with Gasteiger partial charge < -0.3 is 9.73 Å². The van der Waals surface area contributed by atoms with Crippen molar-refractivity contribution in [3.8, 4) is 0 Å². The lowest BCUT2D eigenvalue weighted by atomic mass is 10.0. The molecular weight excluding hydrogens is 323 g/mol. The maximum atomic E-state index is 11.8. The number of fused-ring (bicyclic) bond motifs is 1. The highest BCUT2D eigenvalue weighted by molar-refractivity contribution is 5.86. The molecule has 1 aromatic carbocycles. The van der Waals surface area contributed by atoms with Crippen molar-refractivity contribution in [3.63, 3.8) is 0 Å². The van der Waals surface area contributed by atoms with Crippen LogP contribution in [0.4, 0.5) is 0 Å². The summed E-state index contributed by atoms with van der Waals surface area (Å²) in [6.45, 7) is 8.98. The third kappa shape index (κ3) is 4.02. The van der Waals surface area contributed by atoms with Gasteiger partial charge >= 0.3 is 5.63 Å². The molecule has 0 radical (unpaired) electrons. The molecule has 0 amide bonds. The van der Waals surface area contributed by atoms with Gasteiger partial charge in [-0.1, -0.05) is 6.07 Å². The standard InChI is InChI=1S/C16H20N2O2.2ClH/c1-11-7-12(2)16-13(9-15(19)20-14(16)8-11)10-18-5-3-17-4-6-18;;/h7-9,17H,3-6,10H2,1-2H3;2*1H. The summed E-state index contributed by atoms with van der Waals surface area (Å²) in [5.41, 5.74) is 3.83. The summed E-state index contributed by atoms with van der Waals surface area (Å²) in [5, 5.41) is 4.44. The van der Waals surface area contributed by atoms with Gasteiger partial charge in [0.15, 0.2) is 0 Å². The van der Waals surface area contributed by atoms with Gasteiger partial charge in [0.25, 0.3) is 0 Å². The number of rotatable bonds is 2. The van der Waals surface area contributed by atoms with E-state index in [1.54, 1.807) is 6.07 Å². The van der Waals surface area contributed by atoms with Gasteiger partial charge in [0.1, 0.15) is 5.58 Å². The van der Waals surface area contributed by atoms with Gasteiger partial charge in [-0.2, -0.15) is 0 Å². The first kappa shape index (κ1) is 19.0. The Morgan fingerprint density at radius 2 is 1.82 bits per heavy atom. The Morgan fingerprint density at radius 1 is 1.14 bits per heavy atom. The molecule has 1 aliphatic rings. The van der Waals surface area contributed by atoms with Gasteiger partial charge in [-0.05, 0) is 36.6 Å². The molecule has 1 N–H and O–H groups in total. The minimum atomic E-state index is -0.257. The van der Waals surface area contributed by atoms with Crippen LogP contribution in [0.2, 0.25) is 0 Å². The first-order valence-corrected chi connectivity index (χ1v) is 7.10. The van der Waals surface area contributed by atoms with Crippen molar-refractivity contribution in [2.24, 2.45) is 0 Å². The molecule has 0 atom stereocenters.